The third-order valence-corrected chi connectivity index (χ3v) is 4.68. The van der Waals surface area contributed by atoms with Crippen LogP contribution in [0.2, 0.25) is 0 Å². The molecule has 9 heteroatoms. The van der Waals surface area contributed by atoms with Gasteiger partial charge in [-0.2, -0.15) is 0 Å². The van der Waals surface area contributed by atoms with E-state index in [1.807, 2.05) is 0 Å². The predicted molar refractivity (Wildman–Crippen MR) is 81.5 cm³/mol. The zero-order chi connectivity index (χ0) is 15.6. The largest absolute Gasteiger partial charge is 0.444 e. The molecule has 0 amide bonds. The maximum Gasteiger partial charge on any atom is 0.244 e. The molecule has 2 N–H and O–H groups in total. The topological polar surface area (TPSA) is 97.1 Å². The Morgan fingerprint density at radius 1 is 1.38 bits per heavy atom. The molecule has 2 aromatic heterocycles. The van der Waals surface area contributed by atoms with E-state index in [4.69, 9.17) is 4.42 Å². The van der Waals surface area contributed by atoms with E-state index >= 15 is 0 Å². The monoisotopic (exact) mass is 374 g/mol. The molecule has 2 rings (SSSR count). The van der Waals surface area contributed by atoms with E-state index in [2.05, 4.69) is 35.9 Å². The average Bonchev–Trinajstić information content (AvgIpc) is 2.76. The van der Waals surface area contributed by atoms with E-state index in [9.17, 15) is 8.42 Å². The molecule has 0 atom stereocenters. The number of hydrogen-bond donors (Lipinski definition) is 2. The van der Waals surface area contributed by atoms with Crippen LogP contribution in [0.25, 0.3) is 0 Å². The van der Waals surface area contributed by atoms with Gasteiger partial charge in [0.1, 0.15) is 16.5 Å². The smallest absolute Gasteiger partial charge is 0.244 e. The molecule has 0 saturated carbocycles. The van der Waals surface area contributed by atoms with E-state index in [-0.39, 0.29) is 17.3 Å². The molecule has 0 unspecified atom stereocenters. The van der Waals surface area contributed by atoms with Gasteiger partial charge in [0.2, 0.25) is 15.9 Å². The second-order valence-electron chi connectivity index (χ2n) is 4.32. The van der Waals surface area contributed by atoms with Crippen molar-refractivity contribution in [1.82, 2.24) is 14.7 Å². The van der Waals surface area contributed by atoms with E-state index < -0.39 is 10.0 Å². The van der Waals surface area contributed by atoms with Gasteiger partial charge in [0, 0.05) is 17.7 Å². The van der Waals surface area contributed by atoms with Gasteiger partial charge in [0.05, 0.1) is 12.2 Å². The standard InChI is InChI=1S/C12H15BrN4O3S/c1-7-8(2)20-11(17-7)6-16-21(18,19)10-4-9(13)5-15-12(10)14-3/h4-5,16H,6H2,1-3H3,(H,14,15). The lowest BCUT2D eigenvalue weighted by molar-refractivity contribution is 0.463. The van der Waals surface area contributed by atoms with Crippen molar-refractivity contribution in [3.8, 4) is 0 Å². The maximum atomic E-state index is 12.3. The maximum absolute atomic E-state index is 12.3. The van der Waals surface area contributed by atoms with Crippen LogP contribution >= 0.6 is 15.9 Å². The number of nitrogens with one attached hydrogen (secondary N) is 2. The normalized spacial score (nSPS) is 11.6. The number of aryl methyl sites for hydroxylation is 2. The van der Waals surface area contributed by atoms with Crippen molar-refractivity contribution < 1.29 is 12.8 Å². The highest BCUT2D eigenvalue weighted by Crippen LogP contribution is 2.22. The number of sulfonamides is 1. The number of hydrogen-bond acceptors (Lipinski definition) is 6. The van der Waals surface area contributed by atoms with Crippen LogP contribution in [0.5, 0.6) is 0 Å². The lowest BCUT2D eigenvalue weighted by Gasteiger charge is -2.09. The average molecular weight is 375 g/mol. The summed E-state index contributed by atoms with van der Waals surface area (Å²) in [6, 6.07) is 1.48. The molecule has 0 aliphatic carbocycles. The number of oxazole rings is 1. The fourth-order valence-corrected chi connectivity index (χ4v) is 3.31. The molecule has 2 aromatic rings. The minimum absolute atomic E-state index is 0.0211. The van der Waals surface area contributed by atoms with Crippen LogP contribution in [0.3, 0.4) is 0 Å². The first-order valence-electron chi connectivity index (χ1n) is 6.09. The quantitative estimate of drug-likeness (QED) is 0.830. The van der Waals surface area contributed by atoms with Gasteiger partial charge in [-0.1, -0.05) is 0 Å². The summed E-state index contributed by atoms with van der Waals surface area (Å²) >= 11 is 3.21. The van der Waals surface area contributed by atoms with Gasteiger partial charge >= 0.3 is 0 Å². The Balaban J connectivity index is 2.24. The molecular weight excluding hydrogens is 360 g/mol. The summed E-state index contributed by atoms with van der Waals surface area (Å²) in [6.45, 7) is 3.55. The number of halogens is 1. The van der Waals surface area contributed by atoms with E-state index in [1.54, 1.807) is 20.9 Å². The second kappa shape index (κ2) is 6.12. The first-order valence-corrected chi connectivity index (χ1v) is 8.37. The van der Waals surface area contributed by atoms with Gasteiger partial charge in [-0.25, -0.2) is 23.1 Å². The summed E-state index contributed by atoms with van der Waals surface area (Å²) in [5.41, 5.74) is 0.740. The molecule has 114 valence electrons. The molecular formula is C12H15BrN4O3S. The van der Waals surface area contributed by atoms with Crippen LogP contribution in [0, 0.1) is 13.8 Å². The lowest BCUT2D eigenvalue weighted by Crippen LogP contribution is -2.24. The van der Waals surface area contributed by atoms with Crippen LogP contribution in [-0.2, 0) is 16.6 Å². The molecule has 0 aromatic carbocycles. The molecule has 0 aliphatic rings. The Labute approximate surface area is 131 Å². The van der Waals surface area contributed by atoms with Gasteiger partial charge < -0.3 is 9.73 Å². The van der Waals surface area contributed by atoms with Gasteiger partial charge in [-0.15, -0.1) is 0 Å². The highest BCUT2D eigenvalue weighted by Gasteiger charge is 2.20. The van der Waals surface area contributed by atoms with Crippen molar-refractivity contribution in [2.45, 2.75) is 25.3 Å². The first kappa shape index (κ1) is 15.9. The minimum Gasteiger partial charge on any atom is -0.444 e. The van der Waals surface area contributed by atoms with Crippen molar-refractivity contribution in [3.63, 3.8) is 0 Å². The summed E-state index contributed by atoms with van der Waals surface area (Å²) in [6.07, 6.45) is 1.52. The predicted octanol–water partition coefficient (Wildman–Crippen LogP) is 1.97. The van der Waals surface area contributed by atoms with Crippen LogP contribution < -0.4 is 10.0 Å². The van der Waals surface area contributed by atoms with Crippen LogP contribution in [0.1, 0.15) is 17.3 Å². The Kier molecular flexibility index (Phi) is 4.64. The molecule has 7 nitrogen and oxygen atoms in total. The third-order valence-electron chi connectivity index (χ3n) is 2.83. The lowest BCUT2D eigenvalue weighted by atomic mass is 10.4. The van der Waals surface area contributed by atoms with Crippen molar-refractivity contribution in [2.24, 2.45) is 0 Å². The highest BCUT2D eigenvalue weighted by molar-refractivity contribution is 9.10. The van der Waals surface area contributed by atoms with E-state index in [0.29, 0.717) is 16.1 Å². The zero-order valence-electron chi connectivity index (χ0n) is 11.8. The van der Waals surface area contributed by atoms with Crippen LogP contribution in [0.15, 0.2) is 26.0 Å². The molecule has 0 fully saturated rings. The fourth-order valence-electron chi connectivity index (χ4n) is 1.66. The zero-order valence-corrected chi connectivity index (χ0v) is 14.2. The van der Waals surface area contributed by atoms with Crippen LogP contribution in [-0.4, -0.2) is 25.4 Å². The van der Waals surface area contributed by atoms with Gasteiger partial charge in [-0.05, 0) is 35.8 Å². The molecule has 0 spiro atoms. The molecule has 0 radical (unpaired) electrons. The van der Waals surface area contributed by atoms with E-state index in [1.165, 1.54) is 12.3 Å². The Morgan fingerprint density at radius 3 is 2.67 bits per heavy atom. The summed E-state index contributed by atoms with van der Waals surface area (Å²) in [7, 11) is -2.13. The van der Waals surface area contributed by atoms with Gasteiger partial charge in [0.15, 0.2) is 0 Å². The number of anilines is 1. The van der Waals surface area contributed by atoms with Crippen LogP contribution in [0.4, 0.5) is 5.82 Å². The molecule has 0 saturated heterocycles. The third kappa shape index (κ3) is 3.60. The minimum atomic E-state index is -3.73. The Bertz CT molecular complexity index is 738. The van der Waals surface area contributed by atoms with Gasteiger partial charge in [-0.3, -0.25) is 0 Å². The Morgan fingerprint density at radius 2 is 2.10 bits per heavy atom. The van der Waals surface area contributed by atoms with Crippen molar-refractivity contribution in [1.29, 1.82) is 0 Å². The fraction of sp³-hybridized carbons (Fsp3) is 0.333. The molecule has 2 heterocycles. The van der Waals surface area contributed by atoms with Gasteiger partial charge in [0.25, 0.3) is 0 Å². The summed E-state index contributed by atoms with van der Waals surface area (Å²) < 4.78 is 33.1. The SMILES string of the molecule is CNc1ncc(Br)cc1S(=O)(=O)NCc1nc(C)c(C)o1. The molecule has 0 bridgehead atoms. The Hall–Kier alpha value is -1.45. The van der Waals surface area contributed by atoms with E-state index in [0.717, 1.165) is 5.69 Å². The highest BCUT2D eigenvalue weighted by atomic mass is 79.9. The number of nitrogens with zero attached hydrogens (tertiary/aromatic N) is 2. The summed E-state index contributed by atoms with van der Waals surface area (Å²) in [5, 5.41) is 2.75. The molecule has 0 aliphatic heterocycles. The molecule has 21 heavy (non-hydrogen) atoms. The van der Waals surface area contributed by atoms with Crippen molar-refractivity contribution in [2.75, 3.05) is 12.4 Å². The first-order chi connectivity index (χ1) is 9.83. The number of aromatic nitrogens is 2. The second-order valence-corrected chi connectivity index (χ2v) is 6.98. The number of rotatable bonds is 5. The van der Waals surface area contributed by atoms with Crippen molar-refractivity contribution in [3.05, 3.63) is 34.1 Å². The number of pyridine rings is 1. The van der Waals surface area contributed by atoms with Crippen molar-refractivity contribution >= 4 is 31.8 Å². The summed E-state index contributed by atoms with van der Waals surface area (Å²) in [4.78, 5) is 8.21. The summed E-state index contributed by atoms with van der Waals surface area (Å²) in [5.74, 6) is 1.26.